The Labute approximate surface area is 126 Å². The fourth-order valence-corrected chi connectivity index (χ4v) is 2.58. The maximum Gasteiger partial charge on any atom is 0.284 e. The Hall–Kier alpha value is -2.34. The van der Waals surface area contributed by atoms with E-state index in [4.69, 9.17) is 9.47 Å². The number of para-hydroxylation sites is 2. The second-order valence-electron chi connectivity index (χ2n) is 4.51. The molecule has 0 saturated carbocycles. The Balaban J connectivity index is 1.63. The molecule has 1 N–H and O–H groups in total. The van der Waals surface area contributed by atoms with Crippen molar-refractivity contribution in [2.45, 2.75) is 13.0 Å². The third kappa shape index (κ3) is 3.05. The van der Waals surface area contributed by atoms with E-state index in [0.29, 0.717) is 11.5 Å². The predicted molar refractivity (Wildman–Crippen MR) is 81.0 cm³/mol. The first-order valence-electron chi connectivity index (χ1n) is 6.50. The molecule has 0 radical (unpaired) electrons. The first-order valence-corrected chi connectivity index (χ1v) is 7.38. The van der Waals surface area contributed by atoms with E-state index in [9.17, 15) is 4.79 Å². The number of carbonyl (C=O) groups excluding carboxylic acids is 1. The predicted octanol–water partition coefficient (Wildman–Crippen LogP) is 2.43. The summed E-state index contributed by atoms with van der Waals surface area (Å²) in [4.78, 5) is 13.1. The van der Waals surface area contributed by atoms with Gasteiger partial charge in [0.05, 0.1) is 5.71 Å². The lowest BCUT2D eigenvalue weighted by molar-refractivity contribution is -0.130. The van der Waals surface area contributed by atoms with E-state index in [1.807, 2.05) is 42.6 Å². The molecule has 1 aromatic carbocycles. The Bertz CT molecular complexity index is 667. The molecule has 3 rings (SSSR count). The highest BCUT2D eigenvalue weighted by molar-refractivity contribution is 7.12. The monoisotopic (exact) mass is 302 g/mol. The van der Waals surface area contributed by atoms with Crippen LogP contribution in [0.5, 0.6) is 11.5 Å². The largest absolute Gasteiger partial charge is 0.485 e. The summed E-state index contributed by atoms with van der Waals surface area (Å²) in [6, 6.07) is 11.2. The van der Waals surface area contributed by atoms with E-state index >= 15 is 0 Å². The summed E-state index contributed by atoms with van der Waals surface area (Å²) < 4.78 is 11.1. The number of nitrogens with one attached hydrogen (secondary N) is 1. The Morgan fingerprint density at radius 3 is 2.86 bits per heavy atom. The van der Waals surface area contributed by atoms with Crippen LogP contribution in [0.15, 0.2) is 46.9 Å². The lowest BCUT2D eigenvalue weighted by Crippen LogP contribution is -2.42. The van der Waals surface area contributed by atoms with Crippen LogP contribution in [0.3, 0.4) is 0 Å². The van der Waals surface area contributed by atoms with Crippen molar-refractivity contribution >= 4 is 23.0 Å². The zero-order valence-electron chi connectivity index (χ0n) is 11.4. The molecule has 108 valence electrons. The second kappa shape index (κ2) is 5.97. The number of hydrogen-bond acceptors (Lipinski definition) is 5. The van der Waals surface area contributed by atoms with Crippen LogP contribution in [0.2, 0.25) is 0 Å². The molecule has 0 saturated heterocycles. The summed E-state index contributed by atoms with van der Waals surface area (Å²) in [7, 11) is 0. The van der Waals surface area contributed by atoms with E-state index in [-0.39, 0.29) is 12.5 Å². The van der Waals surface area contributed by atoms with E-state index < -0.39 is 6.10 Å². The molecule has 1 atom stereocenters. The van der Waals surface area contributed by atoms with Crippen LogP contribution in [-0.2, 0) is 4.79 Å². The lowest BCUT2D eigenvalue weighted by Gasteiger charge is -2.24. The molecule has 5 nitrogen and oxygen atoms in total. The summed E-state index contributed by atoms with van der Waals surface area (Å²) in [5.74, 6) is 0.906. The molecular formula is C15H14N2O3S. The number of hydrazone groups is 1. The maximum absolute atomic E-state index is 12.1. The van der Waals surface area contributed by atoms with Gasteiger partial charge in [-0.05, 0) is 30.5 Å². The van der Waals surface area contributed by atoms with Gasteiger partial charge in [0.1, 0.15) is 6.61 Å². The van der Waals surface area contributed by atoms with E-state index in [1.54, 1.807) is 17.4 Å². The van der Waals surface area contributed by atoms with E-state index in [1.165, 1.54) is 0 Å². The fourth-order valence-electron chi connectivity index (χ4n) is 1.90. The molecule has 2 aromatic rings. The lowest BCUT2D eigenvalue weighted by atomic mass is 10.2. The van der Waals surface area contributed by atoms with E-state index in [2.05, 4.69) is 10.5 Å². The van der Waals surface area contributed by atoms with Crippen molar-refractivity contribution in [3.05, 3.63) is 46.7 Å². The third-order valence-corrected chi connectivity index (χ3v) is 3.99. The minimum absolute atomic E-state index is 0.177. The van der Waals surface area contributed by atoms with Crippen molar-refractivity contribution < 1.29 is 14.3 Å². The van der Waals surface area contributed by atoms with Crippen molar-refractivity contribution in [3.63, 3.8) is 0 Å². The van der Waals surface area contributed by atoms with Crippen LogP contribution >= 0.6 is 11.3 Å². The van der Waals surface area contributed by atoms with Gasteiger partial charge >= 0.3 is 0 Å². The van der Waals surface area contributed by atoms with Crippen molar-refractivity contribution in [2.75, 3.05) is 6.61 Å². The molecule has 0 fully saturated rings. The van der Waals surface area contributed by atoms with Crippen molar-refractivity contribution in [2.24, 2.45) is 5.10 Å². The molecule has 1 aliphatic rings. The highest BCUT2D eigenvalue weighted by Crippen LogP contribution is 2.30. The van der Waals surface area contributed by atoms with Crippen molar-refractivity contribution in [3.8, 4) is 11.5 Å². The quantitative estimate of drug-likeness (QED) is 0.700. The second-order valence-corrected chi connectivity index (χ2v) is 5.46. The molecule has 6 heteroatoms. The third-order valence-electron chi connectivity index (χ3n) is 3.01. The molecule has 1 aliphatic heterocycles. The molecule has 1 amide bonds. The number of ether oxygens (including phenoxy) is 2. The molecular weight excluding hydrogens is 288 g/mol. The normalized spacial score (nSPS) is 17.4. The Morgan fingerprint density at radius 1 is 1.29 bits per heavy atom. The van der Waals surface area contributed by atoms with E-state index in [0.717, 1.165) is 10.6 Å². The minimum Gasteiger partial charge on any atom is -0.485 e. The average molecular weight is 302 g/mol. The number of amides is 1. The van der Waals surface area contributed by atoms with Gasteiger partial charge in [0.25, 0.3) is 5.91 Å². The molecule has 0 spiro atoms. The van der Waals surface area contributed by atoms with Crippen molar-refractivity contribution in [1.29, 1.82) is 0 Å². The standard InChI is InChI=1S/C15H14N2O3S/c1-10(14-7-4-8-21-14)16-17-15(18)13-9-19-11-5-2-3-6-12(11)20-13/h2-8,13H,9H2,1H3,(H,17,18)/b16-10-/t13-/m0/s1. The first kappa shape index (κ1) is 13.6. The van der Waals surface area contributed by atoms with Gasteiger partial charge in [0, 0.05) is 4.88 Å². The minimum atomic E-state index is -0.695. The molecule has 0 bridgehead atoms. The van der Waals surface area contributed by atoms with Gasteiger partial charge in [-0.1, -0.05) is 18.2 Å². The first-order chi connectivity index (χ1) is 10.2. The summed E-state index contributed by atoms with van der Waals surface area (Å²) >= 11 is 1.57. The SMILES string of the molecule is C/C(=N/NC(=O)[C@@H]1COc2ccccc2O1)c1cccs1. The highest BCUT2D eigenvalue weighted by atomic mass is 32.1. The van der Waals surface area contributed by atoms with Crippen LogP contribution < -0.4 is 14.9 Å². The summed E-state index contributed by atoms with van der Waals surface area (Å²) in [5.41, 5.74) is 3.28. The highest BCUT2D eigenvalue weighted by Gasteiger charge is 2.27. The number of thiophene rings is 1. The number of nitrogens with zero attached hydrogens (tertiary/aromatic N) is 1. The molecule has 0 aliphatic carbocycles. The van der Waals surface area contributed by atoms with Gasteiger partial charge in [-0.15, -0.1) is 11.3 Å². The summed E-state index contributed by atoms with van der Waals surface area (Å²) in [6.07, 6.45) is -0.695. The van der Waals surface area contributed by atoms with Gasteiger partial charge in [-0.3, -0.25) is 4.79 Å². The van der Waals surface area contributed by atoms with Gasteiger partial charge in [-0.25, -0.2) is 5.43 Å². The number of rotatable bonds is 3. The fraction of sp³-hybridized carbons (Fsp3) is 0.200. The molecule has 21 heavy (non-hydrogen) atoms. The average Bonchev–Trinajstić information content (AvgIpc) is 3.06. The van der Waals surface area contributed by atoms with Gasteiger partial charge < -0.3 is 9.47 Å². The molecule has 2 heterocycles. The van der Waals surface area contributed by atoms with Crippen LogP contribution in [0, 0.1) is 0 Å². The summed E-state index contributed by atoms with van der Waals surface area (Å²) in [5, 5.41) is 6.05. The zero-order chi connectivity index (χ0) is 14.7. The topological polar surface area (TPSA) is 59.9 Å². The number of hydrogen-bond donors (Lipinski definition) is 1. The number of fused-ring (bicyclic) bond motifs is 1. The number of benzene rings is 1. The van der Waals surface area contributed by atoms with Crippen LogP contribution in [-0.4, -0.2) is 24.3 Å². The van der Waals surface area contributed by atoms with Gasteiger partial charge in [0.15, 0.2) is 11.5 Å². The Morgan fingerprint density at radius 2 is 2.10 bits per heavy atom. The van der Waals surface area contributed by atoms with Crippen molar-refractivity contribution in [1.82, 2.24) is 5.43 Å². The maximum atomic E-state index is 12.1. The number of carbonyl (C=O) groups is 1. The molecule has 1 aromatic heterocycles. The van der Waals surface area contributed by atoms with Crippen LogP contribution in [0.25, 0.3) is 0 Å². The van der Waals surface area contributed by atoms with Crippen LogP contribution in [0.4, 0.5) is 0 Å². The van der Waals surface area contributed by atoms with Crippen LogP contribution in [0.1, 0.15) is 11.8 Å². The smallest absolute Gasteiger partial charge is 0.284 e. The van der Waals surface area contributed by atoms with Gasteiger partial charge in [-0.2, -0.15) is 5.10 Å². The van der Waals surface area contributed by atoms with Gasteiger partial charge in [0.2, 0.25) is 6.10 Å². The summed E-state index contributed by atoms with van der Waals surface area (Å²) in [6.45, 7) is 2.02. The Kier molecular flexibility index (Phi) is 3.87. The zero-order valence-corrected chi connectivity index (χ0v) is 12.2. The molecule has 0 unspecified atom stereocenters.